The number of nitrogens with two attached hydrogens (primary N) is 1. The fourth-order valence-electron chi connectivity index (χ4n) is 3.86. The summed E-state index contributed by atoms with van der Waals surface area (Å²) in [4.78, 5) is 0. The van der Waals surface area contributed by atoms with E-state index in [9.17, 15) is 0 Å². The lowest BCUT2D eigenvalue weighted by Crippen LogP contribution is -2.40. The van der Waals surface area contributed by atoms with E-state index in [-0.39, 0.29) is 5.54 Å². The van der Waals surface area contributed by atoms with E-state index in [1.165, 1.54) is 25.7 Å². The summed E-state index contributed by atoms with van der Waals surface area (Å²) in [5.41, 5.74) is 6.69. The van der Waals surface area contributed by atoms with Crippen molar-refractivity contribution >= 4 is 0 Å². The first-order valence-corrected chi connectivity index (χ1v) is 7.77. The quantitative estimate of drug-likeness (QED) is 0.764. The molecule has 0 aromatic carbocycles. The third-order valence-electron chi connectivity index (χ3n) is 4.62. The predicted molar refractivity (Wildman–Crippen MR) is 81.5 cm³/mol. The standard InChI is InChI=1S/C17H35N/c1-12-8-13(2)15(11-17(6,7)18)9-14(12)10-16(3,4)5/h12-15H,8-11,18H2,1-7H3. The molecular weight excluding hydrogens is 218 g/mol. The first kappa shape index (κ1) is 16.0. The molecule has 1 nitrogen and oxygen atoms in total. The predicted octanol–water partition coefficient (Wildman–Crippen LogP) is 4.85. The van der Waals surface area contributed by atoms with Gasteiger partial charge in [-0.2, -0.15) is 0 Å². The molecule has 0 aromatic rings. The molecule has 1 rings (SSSR count). The minimum absolute atomic E-state index is 0.00815. The largest absolute Gasteiger partial charge is 0.326 e. The van der Waals surface area contributed by atoms with Gasteiger partial charge < -0.3 is 5.73 Å². The number of hydrogen-bond donors (Lipinski definition) is 1. The summed E-state index contributed by atoms with van der Waals surface area (Å²) in [5, 5.41) is 0. The van der Waals surface area contributed by atoms with Crippen LogP contribution in [0.25, 0.3) is 0 Å². The molecule has 0 radical (unpaired) electrons. The average Bonchev–Trinajstić information content (AvgIpc) is 2.08. The zero-order chi connectivity index (χ0) is 14.1. The van der Waals surface area contributed by atoms with Gasteiger partial charge in [-0.15, -0.1) is 0 Å². The molecule has 0 saturated heterocycles. The number of rotatable bonds is 3. The molecule has 1 heteroatoms. The molecule has 1 fully saturated rings. The highest BCUT2D eigenvalue weighted by molar-refractivity contribution is 4.88. The van der Waals surface area contributed by atoms with Gasteiger partial charge in [0.2, 0.25) is 0 Å². The Labute approximate surface area is 115 Å². The summed E-state index contributed by atoms with van der Waals surface area (Å²) < 4.78 is 0. The van der Waals surface area contributed by atoms with Crippen molar-refractivity contribution in [3.63, 3.8) is 0 Å². The summed E-state index contributed by atoms with van der Waals surface area (Å²) in [7, 11) is 0. The van der Waals surface area contributed by atoms with Crippen molar-refractivity contribution in [3.8, 4) is 0 Å². The van der Waals surface area contributed by atoms with Crippen molar-refractivity contribution in [1.82, 2.24) is 0 Å². The summed E-state index contributed by atoms with van der Waals surface area (Å²) in [6.07, 6.45) is 5.33. The van der Waals surface area contributed by atoms with Crippen LogP contribution in [0.1, 0.15) is 74.1 Å². The second-order valence-electron chi connectivity index (χ2n) is 8.90. The highest BCUT2D eigenvalue weighted by Crippen LogP contribution is 2.44. The van der Waals surface area contributed by atoms with E-state index in [2.05, 4.69) is 48.5 Å². The van der Waals surface area contributed by atoms with Crippen molar-refractivity contribution in [2.24, 2.45) is 34.8 Å². The topological polar surface area (TPSA) is 26.0 Å². The van der Waals surface area contributed by atoms with E-state index in [0.717, 1.165) is 23.7 Å². The van der Waals surface area contributed by atoms with Crippen LogP contribution in [0, 0.1) is 29.1 Å². The van der Waals surface area contributed by atoms with Gasteiger partial charge in [0.1, 0.15) is 0 Å². The fraction of sp³-hybridized carbons (Fsp3) is 1.00. The van der Waals surface area contributed by atoms with Crippen molar-refractivity contribution < 1.29 is 0 Å². The molecule has 1 aliphatic carbocycles. The molecule has 1 aliphatic rings. The maximum atomic E-state index is 6.24. The lowest BCUT2D eigenvalue weighted by molar-refractivity contribution is 0.0834. The van der Waals surface area contributed by atoms with Crippen LogP contribution >= 0.6 is 0 Å². The maximum absolute atomic E-state index is 6.24. The molecule has 2 N–H and O–H groups in total. The molecule has 0 bridgehead atoms. The second kappa shape index (κ2) is 5.53. The molecule has 0 spiro atoms. The summed E-state index contributed by atoms with van der Waals surface area (Å²) in [5.74, 6) is 3.46. The monoisotopic (exact) mass is 253 g/mol. The van der Waals surface area contributed by atoms with Gasteiger partial charge in [0.15, 0.2) is 0 Å². The van der Waals surface area contributed by atoms with Gasteiger partial charge in [0.05, 0.1) is 0 Å². The molecule has 4 unspecified atom stereocenters. The Balaban J connectivity index is 2.66. The Kier molecular flexibility index (Phi) is 4.92. The van der Waals surface area contributed by atoms with E-state index in [0.29, 0.717) is 5.41 Å². The van der Waals surface area contributed by atoms with Gasteiger partial charge in [-0.3, -0.25) is 0 Å². The zero-order valence-electron chi connectivity index (χ0n) is 13.7. The van der Waals surface area contributed by atoms with Crippen LogP contribution in [0.3, 0.4) is 0 Å². The third-order valence-corrected chi connectivity index (χ3v) is 4.62. The smallest absolute Gasteiger partial charge is 0.00997 e. The molecular formula is C17H35N. The van der Waals surface area contributed by atoms with E-state index in [1.807, 2.05) is 0 Å². The normalized spacial score (nSPS) is 34.7. The Morgan fingerprint density at radius 3 is 1.67 bits per heavy atom. The Morgan fingerprint density at radius 1 is 0.833 bits per heavy atom. The van der Waals surface area contributed by atoms with Crippen LogP contribution in [-0.4, -0.2) is 5.54 Å². The highest BCUT2D eigenvalue weighted by atomic mass is 14.7. The Bertz CT molecular complexity index is 230. The molecule has 0 aliphatic heterocycles. The Hall–Kier alpha value is -0.0400. The van der Waals surface area contributed by atoms with Crippen LogP contribution in [0.15, 0.2) is 0 Å². The summed E-state index contributed by atoms with van der Waals surface area (Å²) in [6.45, 7) is 16.4. The molecule has 108 valence electrons. The molecule has 0 aromatic heterocycles. The fourth-order valence-corrected chi connectivity index (χ4v) is 3.86. The zero-order valence-corrected chi connectivity index (χ0v) is 13.7. The van der Waals surface area contributed by atoms with Crippen LogP contribution < -0.4 is 5.73 Å². The van der Waals surface area contributed by atoms with Gasteiger partial charge in [-0.1, -0.05) is 34.6 Å². The van der Waals surface area contributed by atoms with Crippen LogP contribution in [0.2, 0.25) is 0 Å². The van der Waals surface area contributed by atoms with Gasteiger partial charge >= 0.3 is 0 Å². The van der Waals surface area contributed by atoms with E-state index >= 15 is 0 Å². The first-order chi connectivity index (χ1) is 7.98. The van der Waals surface area contributed by atoms with Crippen LogP contribution in [0.4, 0.5) is 0 Å². The van der Waals surface area contributed by atoms with Crippen molar-refractivity contribution in [1.29, 1.82) is 0 Å². The van der Waals surface area contributed by atoms with Crippen molar-refractivity contribution in [3.05, 3.63) is 0 Å². The average molecular weight is 253 g/mol. The van der Waals surface area contributed by atoms with Crippen molar-refractivity contribution in [2.45, 2.75) is 79.7 Å². The van der Waals surface area contributed by atoms with Crippen molar-refractivity contribution in [2.75, 3.05) is 0 Å². The summed E-state index contributed by atoms with van der Waals surface area (Å²) >= 11 is 0. The first-order valence-electron chi connectivity index (χ1n) is 7.77. The second-order valence-corrected chi connectivity index (χ2v) is 8.90. The molecule has 18 heavy (non-hydrogen) atoms. The maximum Gasteiger partial charge on any atom is 0.00997 e. The molecule has 4 atom stereocenters. The summed E-state index contributed by atoms with van der Waals surface area (Å²) in [6, 6.07) is 0. The van der Waals surface area contributed by atoms with E-state index in [1.54, 1.807) is 0 Å². The molecule has 1 saturated carbocycles. The van der Waals surface area contributed by atoms with E-state index in [4.69, 9.17) is 5.73 Å². The molecule has 0 amide bonds. The lowest BCUT2D eigenvalue weighted by atomic mass is 9.63. The highest BCUT2D eigenvalue weighted by Gasteiger charge is 2.36. The van der Waals surface area contributed by atoms with Gasteiger partial charge in [-0.25, -0.2) is 0 Å². The van der Waals surface area contributed by atoms with Gasteiger partial charge in [-0.05, 0) is 68.6 Å². The lowest BCUT2D eigenvalue weighted by Gasteiger charge is -2.43. The van der Waals surface area contributed by atoms with Gasteiger partial charge in [0, 0.05) is 5.54 Å². The van der Waals surface area contributed by atoms with Crippen LogP contribution in [-0.2, 0) is 0 Å². The van der Waals surface area contributed by atoms with Crippen LogP contribution in [0.5, 0.6) is 0 Å². The van der Waals surface area contributed by atoms with E-state index < -0.39 is 0 Å². The Morgan fingerprint density at radius 2 is 1.28 bits per heavy atom. The number of hydrogen-bond acceptors (Lipinski definition) is 1. The minimum Gasteiger partial charge on any atom is -0.326 e. The minimum atomic E-state index is -0.00815. The third kappa shape index (κ3) is 5.30. The SMILES string of the molecule is CC1CC(C)C(CC(C)(C)N)CC1CC(C)(C)C. The molecule has 0 heterocycles. The van der Waals surface area contributed by atoms with Gasteiger partial charge in [0.25, 0.3) is 0 Å².